The van der Waals surface area contributed by atoms with Crippen LogP contribution in [0.2, 0.25) is 0 Å². The highest BCUT2D eigenvalue weighted by Crippen LogP contribution is 2.29. The number of hydrogen-bond donors (Lipinski definition) is 1. The van der Waals surface area contributed by atoms with Crippen LogP contribution in [0.4, 0.5) is 0 Å². The van der Waals surface area contributed by atoms with Gasteiger partial charge in [-0.05, 0) is 56.2 Å². The first kappa shape index (κ1) is 19.8. The Hall–Kier alpha value is -3.92. The fourth-order valence-electron chi connectivity index (χ4n) is 2.77. The highest BCUT2D eigenvalue weighted by atomic mass is 16.5. The van der Waals surface area contributed by atoms with Gasteiger partial charge in [0.25, 0.3) is 5.89 Å². The molecule has 1 N–H and O–H groups in total. The molecular weight excluding hydrogens is 370 g/mol. The first-order valence-corrected chi connectivity index (χ1v) is 8.94. The summed E-state index contributed by atoms with van der Waals surface area (Å²) in [7, 11) is 0. The second-order valence-corrected chi connectivity index (χ2v) is 6.66. The largest absolute Gasteiger partial charge is 0.490 e. The summed E-state index contributed by atoms with van der Waals surface area (Å²) in [6.07, 6.45) is 2.56. The van der Waals surface area contributed by atoms with E-state index in [1.807, 2.05) is 32.9 Å². The summed E-state index contributed by atoms with van der Waals surface area (Å²) in [5.74, 6) is 0.206. The van der Waals surface area contributed by atoms with Gasteiger partial charge in [-0.1, -0.05) is 23.4 Å². The molecule has 3 aromatic rings. The summed E-state index contributed by atoms with van der Waals surface area (Å²) in [5, 5.41) is 22.2. The molecule has 0 aliphatic carbocycles. The Morgan fingerprint density at radius 2 is 2.07 bits per heavy atom. The van der Waals surface area contributed by atoms with Gasteiger partial charge in [0.05, 0.1) is 11.7 Å². The molecule has 146 valence electrons. The Morgan fingerprint density at radius 1 is 1.28 bits per heavy atom. The van der Waals surface area contributed by atoms with Crippen LogP contribution in [0.25, 0.3) is 28.9 Å². The van der Waals surface area contributed by atoms with Gasteiger partial charge >= 0.3 is 5.97 Å². The lowest BCUT2D eigenvalue weighted by atomic mass is 10.0. The van der Waals surface area contributed by atoms with Crippen LogP contribution in [0.15, 0.2) is 47.0 Å². The third-order valence-corrected chi connectivity index (χ3v) is 4.05. The molecule has 29 heavy (non-hydrogen) atoms. The highest BCUT2D eigenvalue weighted by molar-refractivity contribution is 5.85. The number of rotatable bonds is 6. The van der Waals surface area contributed by atoms with Crippen molar-refractivity contribution in [2.24, 2.45) is 0 Å². The van der Waals surface area contributed by atoms with Crippen LogP contribution in [0.1, 0.15) is 30.5 Å². The molecule has 0 unspecified atom stereocenters. The van der Waals surface area contributed by atoms with E-state index in [4.69, 9.17) is 14.4 Å². The molecular formula is C22H19N3O4. The molecule has 7 heteroatoms. The van der Waals surface area contributed by atoms with E-state index >= 15 is 0 Å². The summed E-state index contributed by atoms with van der Waals surface area (Å²) in [4.78, 5) is 15.1. The van der Waals surface area contributed by atoms with Crippen molar-refractivity contribution < 1.29 is 19.2 Å². The molecule has 7 nitrogen and oxygen atoms in total. The van der Waals surface area contributed by atoms with Crippen LogP contribution in [-0.2, 0) is 4.79 Å². The van der Waals surface area contributed by atoms with E-state index in [9.17, 15) is 10.1 Å². The molecule has 0 amide bonds. The summed E-state index contributed by atoms with van der Waals surface area (Å²) in [6, 6.07) is 12.7. The molecule has 1 heterocycles. The second-order valence-electron chi connectivity index (χ2n) is 6.66. The molecule has 3 rings (SSSR count). The van der Waals surface area contributed by atoms with Gasteiger partial charge in [-0.25, -0.2) is 4.79 Å². The monoisotopic (exact) mass is 389 g/mol. The second kappa shape index (κ2) is 8.40. The molecule has 0 spiro atoms. The first-order chi connectivity index (χ1) is 13.9. The maximum Gasteiger partial charge on any atom is 0.328 e. The van der Waals surface area contributed by atoms with Gasteiger partial charge in [0, 0.05) is 17.2 Å². The van der Waals surface area contributed by atoms with E-state index in [1.54, 1.807) is 24.3 Å². The van der Waals surface area contributed by atoms with Crippen molar-refractivity contribution in [2.75, 3.05) is 0 Å². The Bertz CT molecular complexity index is 1120. The minimum Gasteiger partial charge on any atom is -0.490 e. The minimum absolute atomic E-state index is 0.0424. The Labute approximate surface area is 167 Å². The fraction of sp³-hybridized carbons (Fsp3) is 0.182. The van der Waals surface area contributed by atoms with Gasteiger partial charge < -0.3 is 14.4 Å². The van der Waals surface area contributed by atoms with Crippen molar-refractivity contribution in [3.05, 3.63) is 59.2 Å². The molecule has 0 atom stereocenters. The number of carboxylic acid groups (broad SMARTS) is 1. The van der Waals surface area contributed by atoms with Crippen molar-refractivity contribution in [2.45, 2.75) is 26.9 Å². The average molecular weight is 389 g/mol. The number of aryl methyl sites for hydroxylation is 1. The number of nitriles is 1. The van der Waals surface area contributed by atoms with Crippen molar-refractivity contribution in [1.29, 1.82) is 5.26 Å². The summed E-state index contributed by atoms with van der Waals surface area (Å²) in [5.41, 5.74) is 3.42. The topological polar surface area (TPSA) is 109 Å². The Balaban J connectivity index is 1.90. The van der Waals surface area contributed by atoms with Crippen LogP contribution in [-0.4, -0.2) is 27.3 Å². The number of nitrogens with zero attached hydrogens (tertiary/aromatic N) is 3. The molecule has 1 aromatic heterocycles. The summed E-state index contributed by atoms with van der Waals surface area (Å²) in [6.45, 7) is 5.67. The highest BCUT2D eigenvalue weighted by Gasteiger charge is 2.15. The molecule has 0 bridgehead atoms. The van der Waals surface area contributed by atoms with Gasteiger partial charge in [-0.15, -0.1) is 0 Å². The van der Waals surface area contributed by atoms with E-state index < -0.39 is 5.97 Å². The molecule has 0 radical (unpaired) electrons. The average Bonchev–Trinajstić information content (AvgIpc) is 3.16. The van der Waals surface area contributed by atoms with Crippen LogP contribution >= 0.6 is 0 Å². The van der Waals surface area contributed by atoms with Crippen molar-refractivity contribution in [1.82, 2.24) is 10.1 Å². The van der Waals surface area contributed by atoms with Crippen molar-refractivity contribution >= 4 is 12.0 Å². The van der Waals surface area contributed by atoms with E-state index in [0.29, 0.717) is 28.6 Å². The van der Waals surface area contributed by atoms with E-state index in [-0.39, 0.29) is 6.10 Å². The quantitative estimate of drug-likeness (QED) is 0.619. The third-order valence-electron chi connectivity index (χ3n) is 4.05. The van der Waals surface area contributed by atoms with Gasteiger partial charge in [-0.3, -0.25) is 0 Å². The number of benzene rings is 2. The lowest BCUT2D eigenvalue weighted by Crippen LogP contribution is -2.06. The zero-order chi connectivity index (χ0) is 21.0. The number of hydrogen-bond acceptors (Lipinski definition) is 6. The van der Waals surface area contributed by atoms with Gasteiger partial charge in [0.1, 0.15) is 11.8 Å². The molecule has 0 aliphatic heterocycles. The molecule has 0 aliphatic rings. The Kier molecular flexibility index (Phi) is 5.74. The molecule has 0 fully saturated rings. The smallest absolute Gasteiger partial charge is 0.328 e. The standard InChI is InChI=1S/C22H19N3O4/c1-13(2)28-19-8-6-16(11-17(19)12-23)22-24-21(25-29-22)18-7-4-15(10-14(18)3)5-9-20(26)27/h4-11,13H,1-3H3,(H,26,27)/b9-5-. The third kappa shape index (κ3) is 4.68. The van der Waals surface area contributed by atoms with Crippen LogP contribution in [0.5, 0.6) is 5.75 Å². The van der Waals surface area contributed by atoms with E-state index in [2.05, 4.69) is 16.2 Å². The summed E-state index contributed by atoms with van der Waals surface area (Å²) >= 11 is 0. The molecule has 0 saturated carbocycles. The Morgan fingerprint density at radius 3 is 2.72 bits per heavy atom. The molecule has 2 aromatic carbocycles. The normalized spacial score (nSPS) is 11.0. The summed E-state index contributed by atoms with van der Waals surface area (Å²) < 4.78 is 11.0. The number of ether oxygens (including phenoxy) is 1. The van der Waals surface area contributed by atoms with Crippen LogP contribution in [0.3, 0.4) is 0 Å². The predicted molar refractivity (Wildman–Crippen MR) is 107 cm³/mol. The fourth-order valence-corrected chi connectivity index (χ4v) is 2.77. The van der Waals surface area contributed by atoms with Crippen molar-refractivity contribution in [3.8, 4) is 34.7 Å². The number of carboxylic acids is 1. The zero-order valence-corrected chi connectivity index (χ0v) is 16.2. The minimum atomic E-state index is -1.00. The molecule has 0 saturated heterocycles. The lowest BCUT2D eigenvalue weighted by molar-refractivity contribution is -0.131. The SMILES string of the molecule is Cc1cc(/C=C\C(=O)O)ccc1-c1noc(-c2ccc(OC(C)C)c(C#N)c2)n1. The van der Waals surface area contributed by atoms with Gasteiger partial charge in [0.2, 0.25) is 5.82 Å². The van der Waals surface area contributed by atoms with Gasteiger partial charge in [-0.2, -0.15) is 10.2 Å². The van der Waals surface area contributed by atoms with Crippen LogP contribution < -0.4 is 4.74 Å². The van der Waals surface area contributed by atoms with Gasteiger partial charge in [0.15, 0.2) is 0 Å². The lowest BCUT2D eigenvalue weighted by Gasteiger charge is -2.11. The van der Waals surface area contributed by atoms with E-state index in [1.165, 1.54) is 6.08 Å². The van der Waals surface area contributed by atoms with E-state index in [0.717, 1.165) is 22.8 Å². The number of aromatic nitrogens is 2. The predicted octanol–water partition coefficient (Wildman–Crippen LogP) is 4.47. The van der Waals surface area contributed by atoms with Crippen LogP contribution in [0, 0.1) is 18.3 Å². The van der Waals surface area contributed by atoms with Crippen molar-refractivity contribution in [3.63, 3.8) is 0 Å². The maximum absolute atomic E-state index is 10.7. The number of carbonyl (C=O) groups is 1. The maximum atomic E-state index is 10.7. The number of aliphatic carboxylic acids is 1. The first-order valence-electron chi connectivity index (χ1n) is 8.94. The zero-order valence-electron chi connectivity index (χ0n) is 16.2.